The highest BCUT2D eigenvalue weighted by Gasteiger charge is 1.73. The van der Waals surface area contributed by atoms with Gasteiger partial charge in [0.2, 0.25) is 0 Å². The first-order chi connectivity index (χ1) is 5.83. The Hall–Kier alpha value is -0.0800. The fraction of sp³-hybridized carbons (Fsp3) is 1.00. The van der Waals surface area contributed by atoms with Gasteiger partial charge in [0, 0.05) is 26.4 Å². The minimum absolute atomic E-state index is 0.855. The van der Waals surface area contributed by atoms with Crippen molar-refractivity contribution < 1.29 is 9.47 Å². The summed E-state index contributed by atoms with van der Waals surface area (Å²) in [7, 11) is 0. The van der Waals surface area contributed by atoms with Crippen molar-refractivity contribution in [3.63, 3.8) is 0 Å². The monoisotopic (exact) mass is 176 g/mol. The predicted octanol–water partition coefficient (Wildman–Crippen LogP) is 2.87. The Morgan fingerprint density at radius 1 is 0.667 bits per heavy atom. The maximum Gasteiger partial charge on any atom is 0.0463 e. The van der Waals surface area contributed by atoms with E-state index in [4.69, 9.17) is 9.47 Å². The Labute approximate surface area is 77.3 Å². The highest BCUT2D eigenvalue weighted by Crippen LogP contribution is 1.76. The van der Waals surface area contributed by atoms with Crippen molar-refractivity contribution in [2.45, 2.75) is 40.5 Å². The Balaban J connectivity index is 0. The summed E-state index contributed by atoms with van der Waals surface area (Å²) in [6, 6.07) is 0. The molecular weight excluding hydrogens is 152 g/mol. The van der Waals surface area contributed by atoms with Crippen LogP contribution in [0.3, 0.4) is 0 Å². The van der Waals surface area contributed by atoms with Crippen molar-refractivity contribution >= 4 is 0 Å². The molecule has 12 heavy (non-hydrogen) atoms. The molecule has 0 aromatic rings. The second kappa shape index (κ2) is 17.1. The first-order valence-electron chi connectivity index (χ1n) is 4.98. The molecule has 0 heterocycles. The third-order valence-corrected chi connectivity index (χ3v) is 1.11. The van der Waals surface area contributed by atoms with E-state index >= 15 is 0 Å². The molecule has 0 unspecified atom stereocenters. The first kappa shape index (κ1) is 14.4. The van der Waals surface area contributed by atoms with Gasteiger partial charge in [-0.25, -0.2) is 0 Å². The normalized spacial score (nSPS) is 9.00. The zero-order valence-electron chi connectivity index (χ0n) is 9.06. The SMILES string of the molecule is CCCOCC.CCCOCC. The van der Waals surface area contributed by atoms with Gasteiger partial charge in [0.25, 0.3) is 0 Å². The van der Waals surface area contributed by atoms with E-state index in [1.165, 1.54) is 0 Å². The molecule has 0 radical (unpaired) electrons. The van der Waals surface area contributed by atoms with Gasteiger partial charge in [0.05, 0.1) is 0 Å². The largest absolute Gasteiger partial charge is 0.382 e. The third-order valence-electron chi connectivity index (χ3n) is 1.11. The smallest absolute Gasteiger partial charge is 0.0463 e. The van der Waals surface area contributed by atoms with Crippen molar-refractivity contribution in [2.75, 3.05) is 26.4 Å². The zero-order chi connectivity index (χ0) is 9.66. The van der Waals surface area contributed by atoms with Crippen LogP contribution in [-0.4, -0.2) is 26.4 Å². The van der Waals surface area contributed by atoms with Gasteiger partial charge in [-0.05, 0) is 26.7 Å². The fourth-order valence-electron chi connectivity index (χ4n) is 0.577. The van der Waals surface area contributed by atoms with Crippen LogP contribution in [0.5, 0.6) is 0 Å². The van der Waals surface area contributed by atoms with Gasteiger partial charge in [0.15, 0.2) is 0 Å². The van der Waals surface area contributed by atoms with Crippen LogP contribution in [0.25, 0.3) is 0 Å². The molecule has 0 aliphatic rings. The molecule has 0 amide bonds. The summed E-state index contributed by atoms with van der Waals surface area (Å²) in [6.07, 6.45) is 2.27. The summed E-state index contributed by atoms with van der Waals surface area (Å²) in [5.41, 5.74) is 0. The van der Waals surface area contributed by atoms with Gasteiger partial charge >= 0.3 is 0 Å². The van der Waals surface area contributed by atoms with Gasteiger partial charge in [-0.1, -0.05) is 13.8 Å². The molecular formula is C10H24O2. The zero-order valence-corrected chi connectivity index (χ0v) is 9.06. The molecule has 76 valence electrons. The van der Waals surface area contributed by atoms with Gasteiger partial charge < -0.3 is 9.47 Å². The summed E-state index contributed by atoms with van der Waals surface area (Å²) in [5, 5.41) is 0. The average molecular weight is 176 g/mol. The molecule has 0 aromatic carbocycles. The van der Waals surface area contributed by atoms with Gasteiger partial charge in [-0.3, -0.25) is 0 Å². The van der Waals surface area contributed by atoms with E-state index < -0.39 is 0 Å². The average Bonchev–Trinajstić information content (AvgIpc) is 2.12. The van der Waals surface area contributed by atoms with Crippen LogP contribution in [0.15, 0.2) is 0 Å². The van der Waals surface area contributed by atoms with E-state index in [0.29, 0.717) is 0 Å². The molecule has 2 heteroatoms. The lowest BCUT2D eigenvalue weighted by Crippen LogP contribution is -1.88. The second-order valence-electron chi connectivity index (χ2n) is 2.39. The van der Waals surface area contributed by atoms with Gasteiger partial charge in [-0.15, -0.1) is 0 Å². The van der Waals surface area contributed by atoms with Crippen LogP contribution >= 0.6 is 0 Å². The highest BCUT2D eigenvalue weighted by atomic mass is 16.5. The molecule has 0 rings (SSSR count). The predicted molar refractivity (Wildman–Crippen MR) is 53.6 cm³/mol. The molecule has 0 atom stereocenters. The van der Waals surface area contributed by atoms with E-state index in [9.17, 15) is 0 Å². The second-order valence-corrected chi connectivity index (χ2v) is 2.39. The molecule has 0 aliphatic carbocycles. The quantitative estimate of drug-likeness (QED) is 0.579. The van der Waals surface area contributed by atoms with Crippen LogP contribution < -0.4 is 0 Å². The topological polar surface area (TPSA) is 18.5 Å². The molecule has 2 nitrogen and oxygen atoms in total. The first-order valence-corrected chi connectivity index (χ1v) is 4.98. The Morgan fingerprint density at radius 2 is 1.00 bits per heavy atom. The van der Waals surface area contributed by atoms with E-state index in [-0.39, 0.29) is 0 Å². The standard InChI is InChI=1S/2C5H12O/c2*1-3-5-6-4-2/h2*3-5H2,1-2H3. The number of hydrogen-bond donors (Lipinski definition) is 0. The molecule has 0 spiro atoms. The minimum Gasteiger partial charge on any atom is -0.382 e. The van der Waals surface area contributed by atoms with E-state index in [0.717, 1.165) is 39.3 Å². The van der Waals surface area contributed by atoms with Crippen LogP contribution in [0, 0.1) is 0 Å². The number of hydrogen-bond acceptors (Lipinski definition) is 2. The summed E-state index contributed by atoms with van der Waals surface area (Å²) < 4.78 is 9.97. The lowest BCUT2D eigenvalue weighted by molar-refractivity contribution is 0.148. The van der Waals surface area contributed by atoms with Crippen molar-refractivity contribution in [1.82, 2.24) is 0 Å². The molecule has 0 fully saturated rings. The summed E-state index contributed by atoms with van der Waals surface area (Å²) >= 11 is 0. The van der Waals surface area contributed by atoms with Crippen LogP contribution in [0.4, 0.5) is 0 Å². The maximum absolute atomic E-state index is 4.98. The third kappa shape index (κ3) is 22.5. The van der Waals surface area contributed by atoms with Crippen molar-refractivity contribution in [1.29, 1.82) is 0 Å². The minimum atomic E-state index is 0.855. The Bertz CT molecular complexity index is 39.8. The van der Waals surface area contributed by atoms with E-state index in [2.05, 4.69) is 13.8 Å². The van der Waals surface area contributed by atoms with Gasteiger partial charge in [0.1, 0.15) is 0 Å². The Morgan fingerprint density at radius 3 is 1.08 bits per heavy atom. The van der Waals surface area contributed by atoms with Crippen LogP contribution in [-0.2, 0) is 9.47 Å². The molecule has 0 N–H and O–H groups in total. The fourth-order valence-corrected chi connectivity index (χ4v) is 0.577. The Kier molecular flexibility index (Phi) is 20.6. The number of rotatable bonds is 6. The van der Waals surface area contributed by atoms with Crippen molar-refractivity contribution in [3.05, 3.63) is 0 Å². The van der Waals surface area contributed by atoms with Crippen LogP contribution in [0.1, 0.15) is 40.5 Å². The lowest BCUT2D eigenvalue weighted by Gasteiger charge is -1.91. The molecule has 0 aliphatic heterocycles. The molecule has 0 saturated carbocycles. The van der Waals surface area contributed by atoms with Crippen molar-refractivity contribution in [2.24, 2.45) is 0 Å². The van der Waals surface area contributed by atoms with Gasteiger partial charge in [-0.2, -0.15) is 0 Å². The lowest BCUT2D eigenvalue weighted by atomic mass is 10.5. The summed E-state index contributed by atoms with van der Waals surface area (Å²) in [4.78, 5) is 0. The molecule has 0 bridgehead atoms. The van der Waals surface area contributed by atoms with Crippen molar-refractivity contribution in [3.8, 4) is 0 Å². The van der Waals surface area contributed by atoms with Crippen LogP contribution in [0.2, 0.25) is 0 Å². The summed E-state index contributed by atoms with van der Waals surface area (Å²) in [6.45, 7) is 11.8. The maximum atomic E-state index is 4.98. The highest BCUT2D eigenvalue weighted by molar-refractivity contribution is 4.20. The summed E-state index contributed by atoms with van der Waals surface area (Å²) in [5.74, 6) is 0. The molecule has 0 aromatic heterocycles. The van der Waals surface area contributed by atoms with E-state index in [1.807, 2.05) is 13.8 Å². The molecule has 0 saturated heterocycles. The van der Waals surface area contributed by atoms with E-state index in [1.54, 1.807) is 0 Å². The number of ether oxygens (including phenoxy) is 2.